The summed E-state index contributed by atoms with van der Waals surface area (Å²) in [6.07, 6.45) is -4.09. The summed E-state index contributed by atoms with van der Waals surface area (Å²) >= 11 is 0. The molecule has 1 fully saturated rings. The maximum absolute atomic E-state index is 13.0. The third-order valence-corrected chi connectivity index (χ3v) is 3.67. The van der Waals surface area contributed by atoms with E-state index in [0.29, 0.717) is 12.2 Å². The van der Waals surface area contributed by atoms with E-state index in [0.717, 1.165) is 6.07 Å². The smallest absolute Gasteiger partial charge is 0.416 e. The van der Waals surface area contributed by atoms with Gasteiger partial charge in [0.05, 0.1) is 11.5 Å². The van der Waals surface area contributed by atoms with Gasteiger partial charge in [-0.15, -0.1) is 0 Å². The Labute approximate surface area is 129 Å². The summed E-state index contributed by atoms with van der Waals surface area (Å²) in [7, 11) is 0. The number of esters is 1. The largest absolute Gasteiger partial charge is 0.455 e. The van der Waals surface area contributed by atoms with Gasteiger partial charge in [0.1, 0.15) is 0 Å². The fourth-order valence-electron chi connectivity index (χ4n) is 2.52. The Hall–Kier alpha value is -2.38. The highest BCUT2D eigenvalue weighted by Crippen LogP contribution is 2.51. The van der Waals surface area contributed by atoms with Crippen molar-refractivity contribution in [2.75, 3.05) is 0 Å². The number of hydrogen-bond acceptors (Lipinski definition) is 5. The zero-order valence-electron chi connectivity index (χ0n) is 12.1. The second-order valence-corrected chi connectivity index (χ2v) is 5.38. The minimum atomic E-state index is -4.44. The molecule has 2 unspecified atom stereocenters. The third kappa shape index (κ3) is 3.35. The lowest BCUT2D eigenvalue weighted by Gasteiger charge is -2.12. The number of carbonyl (C=O) groups is 1. The van der Waals surface area contributed by atoms with E-state index in [9.17, 15) is 18.0 Å². The molecule has 2 atom stereocenters. The van der Waals surface area contributed by atoms with Gasteiger partial charge in [0.25, 0.3) is 5.89 Å². The average Bonchev–Trinajstić information content (AvgIpc) is 3.20. The van der Waals surface area contributed by atoms with E-state index >= 15 is 0 Å². The van der Waals surface area contributed by atoms with Crippen molar-refractivity contribution in [1.82, 2.24) is 10.1 Å². The van der Waals surface area contributed by atoms with Crippen molar-refractivity contribution in [1.29, 1.82) is 0 Å². The molecule has 1 aromatic heterocycles. The summed E-state index contributed by atoms with van der Waals surface area (Å²) in [4.78, 5) is 15.8. The van der Waals surface area contributed by atoms with E-state index in [1.54, 1.807) is 6.92 Å². The molecule has 1 aliphatic rings. The number of rotatable bonds is 4. The molecule has 2 aromatic rings. The Morgan fingerprint density at radius 1 is 1.39 bits per heavy atom. The molecular formula is C15H13F3N2O3. The quantitative estimate of drug-likeness (QED) is 0.807. The maximum atomic E-state index is 13.0. The number of halogens is 3. The van der Waals surface area contributed by atoms with Crippen molar-refractivity contribution < 1.29 is 27.2 Å². The van der Waals surface area contributed by atoms with Crippen LogP contribution in [-0.2, 0) is 22.3 Å². The van der Waals surface area contributed by atoms with Crippen LogP contribution in [0.25, 0.3) is 0 Å². The van der Waals surface area contributed by atoms with Gasteiger partial charge in [-0.2, -0.15) is 18.2 Å². The van der Waals surface area contributed by atoms with Crippen LogP contribution in [-0.4, -0.2) is 16.1 Å². The van der Waals surface area contributed by atoms with Gasteiger partial charge >= 0.3 is 12.1 Å². The summed E-state index contributed by atoms with van der Waals surface area (Å²) in [6, 6.07) is 5.30. The third-order valence-electron chi connectivity index (χ3n) is 3.67. The molecule has 1 saturated carbocycles. The Morgan fingerprint density at radius 2 is 2.13 bits per heavy atom. The molecular weight excluding hydrogens is 313 g/mol. The SMILES string of the molecule is Cc1noc(COC(=O)C2CC2c2ccccc2C(F)(F)F)n1. The highest BCUT2D eigenvalue weighted by atomic mass is 19.4. The molecule has 0 saturated heterocycles. The molecule has 1 aromatic carbocycles. The summed E-state index contributed by atoms with van der Waals surface area (Å²) in [5.74, 6) is -1.02. The monoisotopic (exact) mass is 326 g/mol. The van der Waals surface area contributed by atoms with Crippen LogP contribution in [0.2, 0.25) is 0 Å². The van der Waals surface area contributed by atoms with Gasteiger partial charge in [0.2, 0.25) is 0 Å². The molecule has 0 N–H and O–H groups in total. The molecule has 0 aliphatic heterocycles. The number of aryl methyl sites for hydroxylation is 1. The van der Waals surface area contributed by atoms with Crippen LogP contribution in [0.4, 0.5) is 13.2 Å². The van der Waals surface area contributed by atoms with Gasteiger partial charge in [0.15, 0.2) is 12.4 Å². The summed E-state index contributed by atoms with van der Waals surface area (Å²) in [6.45, 7) is 1.45. The van der Waals surface area contributed by atoms with E-state index in [-0.39, 0.29) is 18.1 Å². The van der Waals surface area contributed by atoms with Crippen molar-refractivity contribution in [2.45, 2.75) is 32.0 Å². The Morgan fingerprint density at radius 3 is 2.78 bits per heavy atom. The van der Waals surface area contributed by atoms with Gasteiger partial charge < -0.3 is 9.26 Å². The van der Waals surface area contributed by atoms with Gasteiger partial charge in [0, 0.05) is 0 Å². The first kappa shape index (κ1) is 15.5. The fourth-order valence-corrected chi connectivity index (χ4v) is 2.52. The second-order valence-electron chi connectivity index (χ2n) is 5.38. The number of alkyl halides is 3. The lowest BCUT2D eigenvalue weighted by molar-refractivity contribution is -0.147. The standard InChI is InChI=1S/C15H13F3N2O3/c1-8-19-13(23-20-8)7-22-14(21)11-6-10(11)9-4-2-3-5-12(9)15(16,17)18/h2-5,10-11H,6-7H2,1H3. The van der Waals surface area contributed by atoms with Crippen molar-refractivity contribution >= 4 is 5.97 Å². The minimum Gasteiger partial charge on any atom is -0.455 e. The molecule has 1 heterocycles. The highest BCUT2D eigenvalue weighted by molar-refractivity contribution is 5.77. The Bertz CT molecular complexity index is 727. The summed E-state index contributed by atoms with van der Waals surface area (Å²) < 4.78 is 48.8. The molecule has 0 bridgehead atoms. The fraction of sp³-hybridized carbons (Fsp3) is 0.400. The van der Waals surface area contributed by atoms with Gasteiger partial charge in [-0.05, 0) is 30.9 Å². The van der Waals surface area contributed by atoms with E-state index in [1.165, 1.54) is 18.2 Å². The van der Waals surface area contributed by atoms with Crippen LogP contribution in [0, 0.1) is 12.8 Å². The van der Waals surface area contributed by atoms with Crippen LogP contribution in [0.15, 0.2) is 28.8 Å². The molecule has 23 heavy (non-hydrogen) atoms. The average molecular weight is 326 g/mol. The van der Waals surface area contributed by atoms with E-state index in [1.807, 2.05) is 0 Å². The zero-order valence-corrected chi connectivity index (χ0v) is 12.1. The summed E-state index contributed by atoms with van der Waals surface area (Å²) in [5, 5.41) is 3.55. The van der Waals surface area contributed by atoms with Crippen LogP contribution in [0.3, 0.4) is 0 Å². The lowest BCUT2D eigenvalue weighted by atomic mass is 10.0. The predicted molar refractivity (Wildman–Crippen MR) is 71.1 cm³/mol. The van der Waals surface area contributed by atoms with Gasteiger partial charge in [-0.1, -0.05) is 23.4 Å². The highest BCUT2D eigenvalue weighted by Gasteiger charge is 2.48. The van der Waals surface area contributed by atoms with Crippen molar-refractivity contribution in [3.8, 4) is 0 Å². The maximum Gasteiger partial charge on any atom is 0.416 e. The van der Waals surface area contributed by atoms with E-state index < -0.39 is 29.5 Å². The summed E-state index contributed by atoms with van der Waals surface area (Å²) in [5.41, 5.74) is -0.566. The molecule has 5 nitrogen and oxygen atoms in total. The first-order valence-electron chi connectivity index (χ1n) is 6.98. The second kappa shape index (κ2) is 5.68. The first-order valence-corrected chi connectivity index (χ1v) is 6.98. The van der Waals surface area contributed by atoms with Crippen molar-refractivity contribution in [2.24, 2.45) is 5.92 Å². The van der Waals surface area contributed by atoms with Gasteiger partial charge in [-0.25, -0.2) is 0 Å². The number of hydrogen-bond donors (Lipinski definition) is 0. The lowest BCUT2D eigenvalue weighted by Crippen LogP contribution is -2.11. The first-order chi connectivity index (χ1) is 10.9. The van der Waals surface area contributed by atoms with Crippen molar-refractivity contribution in [3.05, 3.63) is 47.1 Å². The molecule has 0 amide bonds. The Kier molecular flexibility index (Phi) is 3.83. The topological polar surface area (TPSA) is 65.2 Å². The number of benzene rings is 1. The van der Waals surface area contributed by atoms with Crippen LogP contribution < -0.4 is 0 Å². The number of ether oxygens (including phenoxy) is 1. The predicted octanol–water partition coefficient (Wildman–Crippen LogP) is 3.24. The number of nitrogens with zero attached hydrogens (tertiary/aromatic N) is 2. The van der Waals surface area contributed by atoms with Gasteiger partial charge in [-0.3, -0.25) is 4.79 Å². The van der Waals surface area contributed by atoms with Crippen LogP contribution in [0.5, 0.6) is 0 Å². The number of carbonyl (C=O) groups excluding carboxylic acids is 1. The molecule has 1 aliphatic carbocycles. The van der Waals surface area contributed by atoms with Crippen LogP contribution in [0.1, 0.15) is 35.2 Å². The molecule has 8 heteroatoms. The minimum absolute atomic E-state index is 0.135. The normalized spacial score (nSPS) is 20.3. The molecule has 3 rings (SSSR count). The van der Waals surface area contributed by atoms with E-state index in [2.05, 4.69) is 10.1 Å². The Balaban J connectivity index is 1.64. The molecule has 0 radical (unpaired) electrons. The molecule has 0 spiro atoms. The zero-order chi connectivity index (χ0) is 16.6. The molecule has 122 valence electrons. The number of aromatic nitrogens is 2. The van der Waals surface area contributed by atoms with Crippen LogP contribution >= 0.6 is 0 Å². The van der Waals surface area contributed by atoms with Crippen molar-refractivity contribution in [3.63, 3.8) is 0 Å². The van der Waals surface area contributed by atoms with E-state index in [4.69, 9.17) is 9.26 Å².